The van der Waals surface area contributed by atoms with E-state index in [1.807, 2.05) is 0 Å². The molecule has 20 heavy (non-hydrogen) atoms. The van der Waals surface area contributed by atoms with E-state index in [2.05, 4.69) is 17.1 Å². The predicted octanol–water partition coefficient (Wildman–Crippen LogP) is 0.233. The molecule has 0 aliphatic heterocycles. The van der Waals surface area contributed by atoms with Gasteiger partial charge in [-0.25, -0.2) is 5.90 Å². The zero-order valence-corrected chi connectivity index (χ0v) is 12.4. The lowest BCUT2D eigenvalue weighted by Crippen LogP contribution is -2.30. The number of rotatable bonds is 15. The van der Waals surface area contributed by atoms with Crippen LogP contribution in [0.3, 0.4) is 0 Å². The Kier molecular flexibility index (Phi) is 15.7. The van der Waals surface area contributed by atoms with Gasteiger partial charge >= 0.3 is 0 Å². The Balaban J connectivity index is 3.01. The fraction of sp³-hybridized carbons (Fsp3) is 0.923. The van der Waals surface area contributed by atoms with E-state index in [9.17, 15) is 4.79 Å². The van der Waals surface area contributed by atoms with E-state index >= 15 is 0 Å². The average molecular weight is 292 g/mol. The second-order valence-electron chi connectivity index (χ2n) is 4.21. The van der Waals surface area contributed by atoms with Crippen LogP contribution in [-0.4, -0.2) is 58.7 Å². The summed E-state index contributed by atoms with van der Waals surface area (Å²) in [6.07, 6.45) is 2.99. The summed E-state index contributed by atoms with van der Waals surface area (Å²) < 4.78 is 16.0. The molecule has 0 atom stereocenters. The summed E-state index contributed by atoms with van der Waals surface area (Å²) in [5.74, 6) is 4.54. The third-order valence-corrected chi connectivity index (χ3v) is 2.39. The summed E-state index contributed by atoms with van der Waals surface area (Å²) in [5, 5.41) is 2.65. The SMILES string of the molecule is CCCCOCCOCCOCCCNC(=O)CON. The van der Waals surface area contributed by atoms with Crippen LogP contribution in [0.5, 0.6) is 0 Å². The number of carbonyl (C=O) groups excluding carboxylic acids is 1. The second kappa shape index (κ2) is 16.3. The van der Waals surface area contributed by atoms with Crippen molar-refractivity contribution in [2.45, 2.75) is 26.2 Å². The zero-order valence-electron chi connectivity index (χ0n) is 12.4. The van der Waals surface area contributed by atoms with Crippen LogP contribution >= 0.6 is 0 Å². The molecule has 0 aliphatic carbocycles. The van der Waals surface area contributed by atoms with Crippen LogP contribution in [0.15, 0.2) is 0 Å². The lowest BCUT2D eigenvalue weighted by Gasteiger charge is -2.07. The molecule has 0 aromatic heterocycles. The molecule has 0 aromatic rings. The quantitative estimate of drug-likeness (QED) is 0.332. The molecule has 0 spiro atoms. The van der Waals surface area contributed by atoms with Crippen molar-refractivity contribution in [3.05, 3.63) is 0 Å². The first-order chi connectivity index (χ1) is 9.81. The molecular weight excluding hydrogens is 264 g/mol. The number of unbranched alkanes of at least 4 members (excludes halogenated alkanes) is 1. The normalized spacial score (nSPS) is 10.7. The first kappa shape index (κ1) is 19.3. The van der Waals surface area contributed by atoms with E-state index in [4.69, 9.17) is 20.1 Å². The summed E-state index contributed by atoms with van der Waals surface area (Å²) in [6.45, 7) is 6.30. The molecule has 120 valence electrons. The summed E-state index contributed by atoms with van der Waals surface area (Å²) in [7, 11) is 0. The van der Waals surface area contributed by atoms with Crippen molar-refractivity contribution >= 4 is 5.91 Å². The van der Waals surface area contributed by atoms with Gasteiger partial charge in [-0.3, -0.25) is 9.63 Å². The van der Waals surface area contributed by atoms with Gasteiger partial charge in [0.05, 0.1) is 26.4 Å². The lowest BCUT2D eigenvalue weighted by atomic mass is 10.4. The summed E-state index contributed by atoms with van der Waals surface area (Å²) in [4.78, 5) is 15.2. The summed E-state index contributed by atoms with van der Waals surface area (Å²) >= 11 is 0. The van der Waals surface area contributed by atoms with Gasteiger partial charge in [-0.1, -0.05) is 13.3 Å². The maximum absolute atomic E-state index is 11.0. The predicted molar refractivity (Wildman–Crippen MR) is 75.1 cm³/mol. The van der Waals surface area contributed by atoms with Gasteiger partial charge in [-0.05, 0) is 12.8 Å². The molecule has 7 nitrogen and oxygen atoms in total. The molecule has 0 aliphatic rings. The van der Waals surface area contributed by atoms with Gasteiger partial charge in [-0.2, -0.15) is 0 Å². The van der Waals surface area contributed by atoms with E-state index < -0.39 is 0 Å². The number of amides is 1. The van der Waals surface area contributed by atoms with E-state index in [0.717, 1.165) is 25.9 Å². The maximum Gasteiger partial charge on any atom is 0.248 e. The molecule has 0 radical (unpaired) electrons. The van der Waals surface area contributed by atoms with Crippen LogP contribution < -0.4 is 11.2 Å². The minimum Gasteiger partial charge on any atom is -0.379 e. The van der Waals surface area contributed by atoms with Gasteiger partial charge in [0, 0.05) is 19.8 Å². The Labute approximate surface area is 121 Å². The standard InChI is InChI=1S/C13H28N2O5/c1-2-3-6-17-8-10-19-11-9-18-7-4-5-15-13(16)12-20-14/h2-12,14H2,1H3,(H,15,16). The molecule has 0 saturated carbocycles. The largest absolute Gasteiger partial charge is 0.379 e. The van der Waals surface area contributed by atoms with Crippen molar-refractivity contribution in [3.63, 3.8) is 0 Å². The van der Waals surface area contributed by atoms with Crippen LogP contribution in [-0.2, 0) is 23.8 Å². The molecule has 0 saturated heterocycles. The number of nitrogens with two attached hydrogens (primary N) is 1. The van der Waals surface area contributed by atoms with E-state index in [1.54, 1.807) is 0 Å². The fourth-order valence-corrected chi connectivity index (χ4v) is 1.32. The highest BCUT2D eigenvalue weighted by Gasteiger charge is 1.98. The highest BCUT2D eigenvalue weighted by molar-refractivity contribution is 5.77. The summed E-state index contributed by atoms with van der Waals surface area (Å²) in [6, 6.07) is 0. The zero-order chi connectivity index (χ0) is 14.9. The maximum atomic E-state index is 11.0. The first-order valence-electron chi connectivity index (χ1n) is 7.12. The van der Waals surface area contributed by atoms with E-state index in [-0.39, 0.29) is 12.5 Å². The number of nitrogens with one attached hydrogen (secondary N) is 1. The molecule has 0 fully saturated rings. The topological polar surface area (TPSA) is 92.0 Å². The van der Waals surface area contributed by atoms with Gasteiger partial charge in [0.2, 0.25) is 5.91 Å². The Morgan fingerprint density at radius 2 is 1.50 bits per heavy atom. The van der Waals surface area contributed by atoms with Gasteiger partial charge in [0.1, 0.15) is 6.61 Å². The smallest absolute Gasteiger partial charge is 0.248 e. The van der Waals surface area contributed by atoms with Crippen molar-refractivity contribution in [1.29, 1.82) is 0 Å². The van der Waals surface area contributed by atoms with Gasteiger partial charge in [0.25, 0.3) is 0 Å². The average Bonchev–Trinajstić information content (AvgIpc) is 2.44. The van der Waals surface area contributed by atoms with Crippen molar-refractivity contribution < 1.29 is 23.8 Å². The van der Waals surface area contributed by atoms with Crippen molar-refractivity contribution in [1.82, 2.24) is 5.32 Å². The highest BCUT2D eigenvalue weighted by atomic mass is 16.6. The molecule has 3 N–H and O–H groups in total. The van der Waals surface area contributed by atoms with Crippen molar-refractivity contribution in [2.75, 3.05) is 52.8 Å². The third-order valence-electron chi connectivity index (χ3n) is 2.39. The minimum atomic E-state index is -0.223. The van der Waals surface area contributed by atoms with Gasteiger partial charge < -0.3 is 19.5 Å². The molecule has 0 unspecified atom stereocenters. The highest BCUT2D eigenvalue weighted by Crippen LogP contribution is 1.88. The molecule has 0 bridgehead atoms. The van der Waals surface area contributed by atoms with Crippen LogP contribution in [0.2, 0.25) is 0 Å². The van der Waals surface area contributed by atoms with Crippen LogP contribution in [0.1, 0.15) is 26.2 Å². The molecule has 0 aromatic carbocycles. The Hall–Kier alpha value is -0.730. The van der Waals surface area contributed by atoms with E-state index in [1.165, 1.54) is 0 Å². The lowest BCUT2D eigenvalue weighted by molar-refractivity contribution is -0.125. The molecular formula is C13H28N2O5. The van der Waals surface area contributed by atoms with Gasteiger partial charge in [0.15, 0.2) is 0 Å². The molecule has 7 heteroatoms. The Morgan fingerprint density at radius 1 is 0.950 bits per heavy atom. The van der Waals surface area contributed by atoms with Crippen molar-refractivity contribution in [2.24, 2.45) is 5.90 Å². The van der Waals surface area contributed by atoms with Crippen LogP contribution in [0.4, 0.5) is 0 Å². The fourth-order valence-electron chi connectivity index (χ4n) is 1.32. The first-order valence-corrected chi connectivity index (χ1v) is 7.12. The molecule has 1 amide bonds. The number of hydrogen-bond acceptors (Lipinski definition) is 6. The van der Waals surface area contributed by atoms with Crippen LogP contribution in [0.25, 0.3) is 0 Å². The Morgan fingerprint density at radius 3 is 2.05 bits per heavy atom. The third kappa shape index (κ3) is 15.3. The summed E-state index contributed by atoms with van der Waals surface area (Å²) in [5.41, 5.74) is 0. The molecule has 0 rings (SSSR count). The van der Waals surface area contributed by atoms with Crippen LogP contribution in [0, 0.1) is 0 Å². The number of ether oxygens (including phenoxy) is 3. The number of hydrogen-bond donors (Lipinski definition) is 2. The monoisotopic (exact) mass is 292 g/mol. The second-order valence-corrected chi connectivity index (χ2v) is 4.21. The molecule has 0 heterocycles. The van der Waals surface area contributed by atoms with Crippen molar-refractivity contribution in [3.8, 4) is 0 Å². The Bertz CT molecular complexity index is 217. The number of carbonyl (C=O) groups is 1. The van der Waals surface area contributed by atoms with E-state index in [0.29, 0.717) is 39.6 Å². The van der Waals surface area contributed by atoms with Gasteiger partial charge in [-0.15, -0.1) is 0 Å². The minimum absolute atomic E-state index is 0.116.